The minimum absolute atomic E-state index is 0.00434. The highest BCUT2D eigenvalue weighted by atomic mass is 35.5. The van der Waals surface area contributed by atoms with Gasteiger partial charge >= 0.3 is 0 Å². The molecule has 8 nitrogen and oxygen atoms in total. The molecule has 1 heterocycles. The second kappa shape index (κ2) is 6.93. The first kappa shape index (κ1) is 18.2. The lowest BCUT2D eigenvalue weighted by molar-refractivity contribution is 0.0981. The van der Waals surface area contributed by atoms with E-state index in [0.717, 1.165) is 0 Å². The lowest BCUT2D eigenvalue weighted by Crippen LogP contribution is -2.30. The average molecular weight is 400 g/mol. The number of fused-ring (bicyclic) bond motifs is 1. The van der Waals surface area contributed by atoms with Gasteiger partial charge in [0.25, 0.3) is 15.9 Å². The Morgan fingerprint density at radius 3 is 2.62 bits per heavy atom. The number of halogens is 1. The van der Waals surface area contributed by atoms with Crippen molar-refractivity contribution in [3.63, 3.8) is 0 Å². The molecule has 0 bridgehead atoms. The van der Waals surface area contributed by atoms with Crippen LogP contribution in [0.2, 0.25) is 5.02 Å². The zero-order valence-corrected chi connectivity index (χ0v) is 15.3. The molecule has 1 aliphatic rings. The monoisotopic (exact) mass is 399 g/mol. The summed E-state index contributed by atoms with van der Waals surface area (Å²) in [6, 6.07) is 6.86. The summed E-state index contributed by atoms with van der Waals surface area (Å²) in [6.07, 6.45) is 0. The highest BCUT2D eigenvalue weighted by molar-refractivity contribution is 7.90. The van der Waals surface area contributed by atoms with Crippen LogP contribution in [0.3, 0.4) is 0 Å². The fraction of sp³-hybridized carbons (Fsp3) is 0.188. The van der Waals surface area contributed by atoms with Crippen molar-refractivity contribution in [1.29, 1.82) is 0 Å². The van der Waals surface area contributed by atoms with E-state index in [0.29, 0.717) is 11.5 Å². The van der Waals surface area contributed by atoms with Gasteiger partial charge in [-0.2, -0.15) is 0 Å². The third kappa shape index (κ3) is 3.35. The third-order valence-corrected chi connectivity index (χ3v) is 5.21. The molecular weight excluding hydrogens is 386 g/mol. The standard InChI is InChI=1S/C16H14ClNO7S/c1-22-10-3-4-12(23-2)14(7-10)26(20,21)18-16(19)9-5-11(17)15-13(6-9)24-8-25-15/h3-7H,8H2,1-2H3,(H,18,19). The van der Waals surface area contributed by atoms with E-state index in [1.54, 1.807) is 0 Å². The Hall–Kier alpha value is -2.65. The van der Waals surface area contributed by atoms with Crippen molar-refractivity contribution < 1.29 is 32.2 Å². The maximum absolute atomic E-state index is 12.6. The Balaban J connectivity index is 1.93. The number of ether oxygens (including phenoxy) is 4. The number of carbonyl (C=O) groups is 1. The van der Waals surface area contributed by atoms with E-state index >= 15 is 0 Å². The minimum atomic E-state index is -4.23. The van der Waals surface area contributed by atoms with Gasteiger partial charge in [-0.1, -0.05) is 11.6 Å². The number of methoxy groups -OCH3 is 2. The van der Waals surface area contributed by atoms with Crippen molar-refractivity contribution in [3.05, 3.63) is 40.9 Å². The number of benzene rings is 2. The Morgan fingerprint density at radius 2 is 1.92 bits per heavy atom. The quantitative estimate of drug-likeness (QED) is 0.822. The van der Waals surface area contributed by atoms with Gasteiger partial charge in [-0.3, -0.25) is 4.79 Å². The number of hydrogen-bond acceptors (Lipinski definition) is 7. The van der Waals surface area contributed by atoms with Crippen LogP contribution in [0, 0.1) is 0 Å². The van der Waals surface area contributed by atoms with E-state index in [4.69, 9.17) is 30.5 Å². The Morgan fingerprint density at radius 1 is 1.15 bits per heavy atom. The molecule has 1 aliphatic heterocycles. The fourth-order valence-electron chi connectivity index (χ4n) is 2.33. The van der Waals surface area contributed by atoms with Crippen molar-refractivity contribution in [2.75, 3.05) is 21.0 Å². The van der Waals surface area contributed by atoms with Crippen LogP contribution < -0.4 is 23.7 Å². The first-order chi connectivity index (χ1) is 12.4. The molecule has 138 valence electrons. The van der Waals surface area contributed by atoms with Gasteiger partial charge in [0.15, 0.2) is 11.5 Å². The molecule has 1 N–H and O–H groups in total. The van der Waals surface area contributed by atoms with Crippen LogP contribution in [0.1, 0.15) is 10.4 Å². The zero-order valence-electron chi connectivity index (χ0n) is 13.7. The van der Waals surface area contributed by atoms with Gasteiger partial charge in [-0.25, -0.2) is 13.1 Å². The number of carbonyl (C=O) groups excluding carboxylic acids is 1. The highest BCUT2D eigenvalue weighted by Gasteiger charge is 2.26. The molecule has 0 atom stereocenters. The van der Waals surface area contributed by atoms with Gasteiger partial charge in [0.2, 0.25) is 6.79 Å². The van der Waals surface area contributed by atoms with Crippen LogP contribution in [-0.4, -0.2) is 35.3 Å². The topological polar surface area (TPSA) is 100 Å². The van der Waals surface area contributed by atoms with Gasteiger partial charge < -0.3 is 18.9 Å². The maximum atomic E-state index is 12.6. The van der Waals surface area contributed by atoms with Gasteiger partial charge in [0.1, 0.15) is 16.4 Å². The number of sulfonamides is 1. The van der Waals surface area contributed by atoms with E-state index < -0.39 is 15.9 Å². The highest BCUT2D eigenvalue weighted by Crippen LogP contribution is 2.39. The first-order valence-corrected chi connectivity index (χ1v) is 9.10. The summed E-state index contributed by atoms with van der Waals surface area (Å²) < 4.78 is 47.6. The van der Waals surface area contributed by atoms with E-state index in [1.807, 2.05) is 4.72 Å². The summed E-state index contributed by atoms with van der Waals surface area (Å²) in [6.45, 7) is -0.0283. The van der Waals surface area contributed by atoms with Crippen LogP contribution in [0.4, 0.5) is 0 Å². The largest absolute Gasteiger partial charge is 0.497 e. The number of amides is 1. The fourth-order valence-corrected chi connectivity index (χ4v) is 3.75. The summed E-state index contributed by atoms with van der Waals surface area (Å²) in [5.41, 5.74) is 0.00434. The van der Waals surface area contributed by atoms with E-state index in [1.165, 1.54) is 44.6 Å². The van der Waals surface area contributed by atoms with Crippen molar-refractivity contribution in [1.82, 2.24) is 4.72 Å². The van der Waals surface area contributed by atoms with Crippen LogP contribution in [0.15, 0.2) is 35.2 Å². The Labute approximate surface area is 154 Å². The molecule has 0 spiro atoms. The molecular formula is C16H14ClNO7S. The second-order valence-electron chi connectivity index (χ2n) is 5.14. The average Bonchev–Trinajstić information content (AvgIpc) is 3.10. The first-order valence-electron chi connectivity index (χ1n) is 7.24. The Bertz CT molecular complexity index is 975. The van der Waals surface area contributed by atoms with E-state index in [-0.39, 0.29) is 33.8 Å². The zero-order chi connectivity index (χ0) is 18.9. The summed E-state index contributed by atoms with van der Waals surface area (Å²) in [7, 11) is -1.52. The SMILES string of the molecule is COc1ccc(OC)c(S(=O)(=O)NC(=O)c2cc(Cl)c3c(c2)OCO3)c1. The van der Waals surface area contributed by atoms with Crippen LogP contribution in [0.25, 0.3) is 0 Å². The molecule has 26 heavy (non-hydrogen) atoms. The van der Waals surface area contributed by atoms with Crippen LogP contribution in [0.5, 0.6) is 23.0 Å². The molecule has 2 aromatic rings. The van der Waals surface area contributed by atoms with Crippen LogP contribution >= 0.6 is 11.6 Å². The molecule has 3 rings (SSSR count). The molecule has 0 radical (unpaired) electrons. The van der Waals surface area contributed by atoms with E-state index in [9.17, 15) is 13.2 Å². The molecule has 0 aliphatic carbocycles. The predicted octanol–water partition coefficient (Wildman–Crippen LogP) is 2.20. The maximum Gasteiger partial charge on any atom is 0.268 e. The smallest absolute Gasteiger partial charge is 0.268 e. The number of nitrogens with one attached hydrogen (secondary N) is 1. The van der Waals surface area contributed by atoms with Gasteiger partial charge in [-0.05, 0) is 24.3 Å². The summed E-state index contributed by atoms with van der Waals surface area (Å²) in [5.74, 6) is 0.0502. The van der Waals surface area contributed by atoms with Gasteiger partial charge in [-0.15, -0.1) is 0 Å². The number of rotatable bonds is 5. The van der Waals surface area contributed by atoms with Gasteiger partial charge in [0, 0.05) is 11.6 Å². The molecule has 0 saturated carbocycles. The molecule has 10 heteroatoms. The van der Waals surface area contributed by atoms with Crippen molar-refractivity contribution >= 4 is 27.5 Å². The predicted molar refractivity (Wildman–Crippen MR) is 91.8 cm³/mol. The van der Waals surface area contributed by atoms with Crippen molar-refractivity contribution in [2.24, 2.45) is 0 Å². The molecule has 2 aromatic carbocycles. The summed E-state index contributed by atoms with van der Waals surface area (Å²) in [5, 5.41) is 0.140. The third-order valence-electron chi connectivity index (χ3n) is 3.58. The number of hydrogen-bond donors (Lipinski definition) is 1. The second-order valence-corrected chi connectivity index (χ2v) is 7.20. The Kier molecular flexibility index (Phi) is 4.84. The van der Waals surface area contributed by atoms with Crippen molar-refractivity contribution in [2.45, 2.75) is 4.90 Å². The molecule has 1 amide bonds. The molecule has 0 saturated heterocycles. The minimum Gasteiger partial charge on any atom is -0.497 e. The summed E-state index contributed by atoms with van der Waals surface area (Å²) >= 11 is 6.02. The molecule has 0 aromatic heterocycles. The molecule has 0 fully saturated rings. The van der Waals surface area contributed by atoms with E-state index in [2.05, 4.69) is 0 Å². The normalized spacial score (nSPS) is 12.6. The summed E-state index contributed by atoms with van der Waals surface area (Å²) in [4.78, 5) is 12.2. The van der Waals surface area contributed by atoms with Crippen molar-refractivity contribution in [3.8, 4) is 23.0 Å². The molecule has 0 unspecified atom stereocenters. The lowest BCUT2D eigenvalue weighted by atomic mass is 10.2. The van der Waals surface area contributed by atoms with Gasteiger partial charge in [0.05, 0.1) is 19.2 Å². The van der Waals surface area contributed by atoms with Crippen LogP contribution in [-0.2, 0) is 10.0 Å². The lowest BCUT2D eigenvalue weighted by Gasteiger charge is -2.12.